The first kappa shape index (κ1) is 61.3. The quantitative estimate of drug-likeness (QED) is 0.0945. The van der Waals surface area contributed by atoms with Crippen molar-refractivity contribution in [1.29, 1.82) is 0 Å². The van der Waals surface area contributed by atoms with Crippen molar-refractivity contribution in [2.75, 3.05) is 12.5 Å². The molecule has 0 unspecified atom stereocenters. The molecule has 2 N–H and O–H groups in total. The number of nitrogens with zero attached hydrogens (tertiary/aromatic N) is 2. The maximum Gasteiger partial charge on any atom is 0.147 e. The van der Waals surface area contributed by atoms with Crippen molar-refractivity contribution in [2.24, 2.45) is 0 Å². The molecule has 0 saturated carbocycles. The molecule has 10 aromatic rings. The van der Waals surface area contributed by atoms with Crippen molar-refractivity contribution in [3.8, 4) is 56.6 Å². The van der Waals surface area contributed by atoms with E-state index in [1.807, 2.05) is 0 Å². The molecule has 2 aromatic heterocycles. The van der Waals surface area contributed by atoms with Crippen molar-refractivity contribution in [3.63, 3.8) is 0 Å². The van der Waals surface area contributed by atoms with Crippen molar-refractivity contribution in [3.05, 3.63) is 195 Å². The zero-order valence-electron chi connectivity index (χ0n) is 50.4. The Morgan fingerprint density at radius 2 is 0.650 bits per heavy atom. The second-order valence-corrected chi connectivity index (χ2v) is 30.7. The molecule has 0 saturated heterocycles. The summed E-state index contributed by atoms with van der Waals surface area (Å²) in [5, 5.41) is 30.4. The molecule has 2 heterocycles. The molecule has 80 heavy (non-hydrogen) atoms. The van der Waals surface area contributed by atoms with Gasteiger partial charge in [0.15, 0.2) is 0 Å². The fraction of sp³-hybridized carbons (Fsp3) is 0.306. The van der Waals surface area contributed by atoms with E-state index in [1.54, 1.807) is 0 Å². The van der Waals surface area contributed by atoms with Crippen molar-refractivity contribution in [2.45, 2.75) is 131 Å². The van der Waals surface area contributed by atoms with Crippen LogP contribution in [0.2, 0.25) is 12.1 Å². The van der Waals surface area contributed by atoms with Crippen LogP contribution in [0.25, 0.3) is 77.2 Å². The van der Waals surface area contributed by atoms with Gasteiger partial charge in [-0.15, -0.1) is 0 Å². The van der Waals surface area contributed by atoms with Gasteiger partial charge in [0.25, 0.3) is 0 Å². The molecule has 6 nitrogen and oxygen atoms in total. The van der Waals surface area contributed by atoms with Gasteiger partial charge in [-0.05, 0) is 117 Å². The van der Waals surface area contributed by atoms with E-state index in [9.17, 15) is 10.2 Å². The van der Waals surface area contributed by atoms with Gasteiger partial charge in [-0.1, -0.05) is 194 Å². The van der Waals surface area contributed by atoms with Crippen LogP contribution in [-0.2, 0) is 47.5 Å². The number of ether oxygens (including phenoxy) is 2. The van der Waals surface area contributed by atoms with E-state index in [2.05, 4.69) is 264 Å². The monoisotopic (exact) mass is 1250 g/mol. The summed E-state index contributed by atoms with van der Waals surface area (Å²) in [4.78, 5) is 0. The predicted octanol–water partition coefficient (Wildman–Crippen LogP) is 19.7. The summed E-state index contributed by atoms with van der Waals surface area (Å²) >= 11 is 0. The van der Waals surface area contributed by atoms with E-state index < -0.39 is 8.07 Å². The number of fused-ring (bicyclic) bond motifs is 6. The number of hydrogen-bond donors (Lipinski definition) is 2. The van der Waals surface area contributed by atoms with Gasteiger partial charge >= 0.3 is 0 Å². The van der Waals surface area contributed by atoms with Crippen LogP contribution < -0.4 is 9.47 Å². The second-order valence-electron chi connectivity index (χ2n) is 25.7. The second kappa shape index (κ2) is 22.9. The zero-order chi connectivity index (χ0) is 55.0. The summed E-state index contributed by atoms with van der Waals surface area (Å²) in [6, 6.07) is 57.5. The Labute approximate surface area is 497 Å². The fourth-order valence-corrected chi connectivity index (χ4v) is 13.4. The zero-order valence-corrected chi connectivity index (χ0v) is 55.0. The van der Waals surface area contributed by atoms with Gasteiger partial charge in [0.05, 0.1) is 45.9 Å². The Morgan fingerprint density at radius 1 is 0.375 bits per heavy atom. The van der Waals surface area contributed by atoms with Crippen LogP contribution in [0.5, 0.6) is 23.0 Å². The van der Waals surface area contributed by atoms with E-state index in [-0.39, 0.29) is 73.9 Å². The molecule has 10 rings (SSSR count). The van der Waals surface area contributed by atoms with Crippen molar-refractivity contribution < 1.29 is 45.5 Å². The smallest absolute Gasteiger partial charge is 0.147 e. The number of rotatable bonds is 12. The Bertz CT molecular complexity index is 3510. The Balaban J connectivity index is 0.00000308. The molecule has 416 valence electrons. The summed E-state index contributed by atoms with van der Waals surface area (Å²) in [5.74, 6) is 1.90. The Morgan fingerprint density at radius 3 is 0.925 bits per heavy atom. The predicted molar refractivity (Wildman–Crippen MR) is 341 cm³/mol. The van der Waals surface area contributed by atoms with Gasteiger partial charge in [-0.25, -0.2) is 0 Å². The summed E-state index contributed by atoms with van der Waals surface area (Å²) < 4.78 is 18.9. The summed E-state index contributed by atoms with van der Waals surface area (Å²) in [6.45, 7) is 31.4. The van der Waals surface area contributed by atoms with Crippen molar-refractivity contribution >= 4 is 51.7 Å². The van der Waals surface area contributed by atoms with Crippen LogP contribution >= 0.6 is 0 Å². The van der Waals surface area contributed by atoms with Crippen LogP contribution in [0, 0.1) is 14.9 Å². The van der Waals surface area contributed by atoms with Gasteiger partial charge in [-0.2, -0.15) is 0 Å². The number of para-hydroxylation sites is 4. The largest absolute Gasteiger partial charge is 0.505 e. The SMILES string of the molecule is CC[Si](CC)(COc1ccc(C(C)(C)C)cc1-c1cc(C(C)(C)C)cc(-n2c3ccccc3c3ccccc32)c1O)COc1ccc(C(C)(C)C)cc1-c1cc(C(C)(C)C)cc(-n2c3ccccc3c3ccccc32)c1O.[CH3-].[CH3-].[Hf]. The Kier molecular flexibility index (Phi) is 17.5. The first-order chi connectivity index (χ1) is 36.4. The van der Waals surface area contributed by atoms with E-state index in [4.69, 9.17) is 9.47 Å². The van der Waals surface area contributed by atoms with Gasteiger partial charge in [0.2, 0.25) is 0 Å². The molecule has 0 bridgehead atoms. The summed E-state index contributed by atoms with van der Waals surface area (Å²) in [7, 11) is -2.37. The number of phenolic OH excluding ortho intramolecular Hbond substituents is 2. The van der Waals surface area contributed by atoms with E-state index in [1.165, 1.54) is 0 Å². The molecule has 0 radical (unpaired) electrons. The molecular formula is C72H84HfN2O4Si-2. The Hall–Kier alpha value is -6.35. The van der Waals surface area contributed by atoms with Crippen LogP contribution in [0.1, 0.15) is 119 Å². The van der Waals surface area contributed by atoms with Crippen LogP contribution in [-0.4, -0.2) is 39.9 Å². The van der Waals surface area contributed by atoms with Crippen LogP contribution in [0.15, 0.2) is 158 Å². The molecular weight excluding hydrogens is 1160 g/mol. The number of benzene rings is 8. The molecule has 0 aliphatic rings. The summed E-state index contributed by atoms with van der Waals surface area (Å²) in [6.07, 6.45) is 1.03. The maximum atomic E-state index is 12.9. The minimum atomic E-state index is -2.37. The van der Waals surface area contributed by atoms with Crippen molar-refractivity contribution in [1.82, 2.24) is 9.13 Å². The summed E-state index contributed by atoms with van der Waals surface area (Å²) in [5.41, 5.74) is 12.6. The molecule has 0 fully saturated rings. The number of hydrogen-bond acceptors (Lipinski definition) is 4. The molecule has 0 aliphatic heterocycles. The molecule has 0 amide bonds. The fourth-order valence-electron chi connectivity index (χ4n) is 11.0. The van der Waals surface area contributed by atoms with Gasteiger partial charge in [-0.3, -0.25) is 0 Å². The van der Waals surface area contributed by atoms with Gasteiger partial charge in [0, 0.05) is 69.6 Å². The molecule has 0 atom stereocenters. The number of aromatic hydroxyl groups is 2. The third-order valence-electron chi connectivity index (χ3n) is 16.4. The van der Waals surface area contributed by atoms with Gasteiger partial charge in [0.1, 0.15) is 31.1 Å². The molecule has 8 heteroatoms. The molecule has 0 aliphatic carbocycles. The maximum absolute atomic E-state index is 12.9. The first-order valence-electron chi connectivity index (χ1n) is 27.7. The van der Waals surface area contributed by atoms with Crippen LogP contribution in [0.3, 0.4) is 0 Å². The average Bonchev–Trinajstić information content (AvgIpc) is 3.91. The molecule has 0 spiro atoms. The standard InChI is InChI=1S/C70H78N2O4Si.2CH3.Hf/c1-15-77(16-2,43-75-63-35-33-45(67(3,4)5)37-53(63)55-39-47(69(9,10)11)41-61(65(55)73)71-57-29-21-17-25-49(57)50-26-18-22-30-58(50)71)44-76-64-36-34-46(68(6,7)8)38-54(64)56-40-48(70(12,13)14)42-62(66(56)74)72-59-31-23-19-27-51(59)52-28-20-24-32-60(52)72;;;/h17-42,73-74H,15-16,43-44H2,1-14H3;2*1H3;/q;2*-1;. The average molecular weight is 1250 g/mol. The van der Waals surface area contributed by atoms with Crippen LogP contribution in [0.4, 0.5) is 0 Å². The third-order valence-corrected chi connectivity index (χ3v) is 20.9. The van der Waals surface area contributed by atoms with E-state index in [0.29, 0.717) is 12.5 Å². The topological polar surface area (TPSA) is 68.8 Å². The van der Waals surface area contributed by atoms with E-state index >= 15 is 0 Å². The molecule has 8 aromatic carbocycles. The first-order valence-corrected chi connectivity index (χ1v) is 30.5. The third kappa shape index (κ3) is 11.3. The normalized spacial score (nSPS) is 12.4. The van der Waals surface area contributed by atoms with E-state index in [0.717, 1.165) is 123 Å². The minimum absolute atomic E-state index is 0. The minimum Gasteiger partial charge on any atom is -0.505 e. The number of aromatic nitrogens is 2. The number of phenols is 2. The van der Waals surface area contributed by atoms with Gasteiger partial charge < -0.3 is 43.7 Å².